The average Bonchev–Trinajstić information content (AvgIpc) is 2.41. The fourth-order valence-corrected chi connectivity index (χ4v) is 2.62. The van der Waals surface area contributed by atoms with E-state index in [0.717, 1.165) is 5.56 Å². The lowest BCUT2D eigenvalue weighted by Gasteiger charge is -2.14. The number of carboxylic acids is 1. The van der Waals surface area contributed by atoms with E-state index in [1.165, 1.54) is 0 Å². The SMILES string of the molecule is Cc1c(CS(=O)[O-])cc(-c2ccccc2)cc1C(=O)O. The van der Waals surface area contributed by atoms with Gasteiger partial charge in [0.15, 0.2) is 0 Å². The number of hydrogen-bond acceptors (Lipinski definition) is 3. The van der Waals surface area contributed by atoms with Crippen LogP contribution in [0.5, 0.6) is 0 Å². The highest BCUT2D eigenvalue weighted by molar-refractivity contribution is 7.78. The Morgan fingerprint density at radius 1 is 1.20 bits per heavy atom. The molecule has 0 aliphatic carbocycles. The van der Waals surface area contributed by atoms with E-state index in [1.54, 1.807) is 19.1 Å². The lowest BCUT2D eigenvalue weighted by Crippen LogP contribution is -2.05. The summed E-state index contributed by atoms with van der Waals surface area (Å²) in [7, 11) is 0. The molecule has 1 atom stereocenters. The molecule has 0 bridgehead atoms. The number of aromatic carboxylic acids is 1. The molecule has 0 amide bonds. The molecule has 20 heavy (non-hydrogen) atoms. The van der Waals surface area contributed by atoms with Crippen LogP contribution in [0.25, 0.3) is 11.1 Å². The summed E-state index contributed by atoms with van der Waals surface area (Å²) in [6.07, 6.45) is 0. The van der Waals surface area contributed by atoms with Crippen molar-refractivity contribution in [2.75, 3.05) is 0 Å². The van der Waals surface area contributed by atoms with Crippen molar-refractivity contribution in [1.29, 1.82) is 0 Å². The van der Waals surface area contributed by atoms with Crippen molar-refractivity contribution in [1.82, 2.24) is 0 Å². The van der Waals surface area contributed by atoms with E-state index in [0.29, 0.717) is 16.7 Å². The van der Waals surface area contributed by atoms with Crippen LogP contribution in [0.4, 0.5) is 0 Å². The van der Waals surface area contributed by atoms with Gasteiger partial charge in [-0.05, 0) is 41.3 Å². The number of hydrogen-bond donors (Lipinski definition) is 1. The van der Waals surface area contributed by atoms with Gasteiger partial charge in [-0.15, -0.1) is 0 Å². The van der Waals surface area contributed by atoms with Crippen molar-refractivity contribution in [3.8, 4) is 11.1 Å². The summed E-state index contributed by atoms with van der Waals surface area (Å²) in [6.45, 7) is 1.63. The van der Waals surface area contributed by atoms with Crippen LogP contribution in [-0.2, 0) is 16.8 Å². The topological polar surface area (TPSA) is 77.4 Å². The average molecular weight is 289 g/mol. The Hall–Kier alpha value is -1.98. The maximum Gasteiger partial charge on any atom is 0.335 e. The van der Waals surface area contributed by atoms with Gasteiger partial charge in [0.2, 0.25) is 0 Å². The van der Waals surface area contributed by atoms with Crippen LogP contribution in [0, 0.1) is 6.92 Å². The van der Waals surface area contributed by atoms with E-state index < -0.39 is 17.0 Å². The first-order valence-corrected chi connectivity index (χ1v) is 7.21. The van der Waals surface area contributed by atoms with Gasteiger partial charge in [-0.25, -0.2) is 4.79 Å². The maximum atomic E-state index is 11.3. The van der Waals surface area contributed by atoms with Crippen LogP contribution in [-0.4, -0.2) is 19.8 Å². The first-order valence-electron chi connectivity index (χ1n) is 5.97. The van der Waals surface area contributed by atoms with Gasteiger partial charge in [-0.2, -0.15) is 0 Å². The van der Waals surface area contributed by atoms with Crippen molar-refractivity contribution < 1.29 is 18.7 Å². The third kappa shape index (κ3) is 3.12. The van der Waals surface area contributed by atoms with Gasteiger partial charge >= 0.3 is 5.97 Å². The largest absolute Gasteiger partial charge is 0.772 e. The molecule has 2 aromatic rings. The standard InChI is InChI=1S/C15H14O4S/c1-10-13(9-20(18)19)7-12(8-14(10)15(16)17)11-5-3-2-4-6-11/h2-8H,9H2,1H3,(H,16,17)(H,18,19)/p-1. The lowest BCUT2D eigenvalue weighted by molar-refractivity contribution is 0.0696. The highest BCUT2D eigenvalue weighted by atomic mass is 32.2. The van der Waals surface area contributed by atoms with E-state index in [2.05, 4.69) is 0 Å². The summed E-state index contributed by atoms with van der Waals surface area (Å²) >= 11 is -2.26. The molecule has 0 aliphatic rings. The molecule has 1 unspecified atom stereocenters. The van der Waals surface area contributed by atoms with Gasteiger partial charge in [0.1, 0.15) is 0 Å². The Morgan fingerprint density at radius 2 is 1.85 bits per heavy atom. The quantitative estimate of drug-likeness (QED) is 0.878. The van der Waals surface area contributed by atoms with Crippen molar-refractivity contribution in [2.45, 2.75) is 12.7 Å². The second-order valence-corrected chi connectivity index (χ2v) is 5.32. The normalized spacial score (nSPS) is 12.1. The van der Waals surface area contributed by atoms with Crippen LogP contribution >= 0.6 is 0 Å². The zero-order valence-electron chi connectivity index (χ0n) is 10.8. The van der Waals surface area contributed by atoms with Crippen LogP contribution in [0.2, 0.25) is 0 Å². The number of carbonyl (C=O) groups is 1. The van der Waals surface area contributed by atoms with E-state index >= 15 is 0 Å². The van der Waals surface area contributed by atoms with Crippen molar-refractivity contribution >= 4 is 17.0 Å². The zero-order valence-corrected chi connectivity index (χ0v) is 11.6. The summed E-state index contributed by atoms with van der Waals surface area (Å²) in [5, 5.41) is 9.24. The lowest BCUT2D eigenvalue weighted by atomic mass is 9.96. The molecule has 0 fully saturated rings. The van der Waals surface area contributed by atoms with Crippen LogP contribution in [0.1, 0.15) is 21.5 Å². The Bertz CT molecular complexity index is 665. The highest BCUT2D eigenvalue weighted by Gasteiger charge is 2.13. The Labute approximate surface area is 119 Å². The van der Waals surface area contributed by atoms with Gasteiger partial charge in [0, 0.05) is 5.75 Å². The molecule has 0 spiro atoms. The third-order valence-corrected chi connectivity index (χ3v) is 3.67. The second-order valence-electron chi connectivity index (χ2n) is 4.43. The van der Waals surface area contributed by atoms with Crippen LogP contribution < -0.4 is 0 Å². The van der Waals surface area contributed by atoms with Crippen molar-refractivity contribution in [2.24, 2.45) is 0 Å². The number of carboxylic acid groups (broad SMARTS) is 1. The summed E-state index contributed by atoms with van der Waals surface area (Å²) in [5.41, 5.74) is 2.69. The Kier molecular flexibility index (Phi) is 4.32. The molecule has 0 saturated carbocycles. The molecule has 2 rings (SSSR count). The first kappa shape index (κ1) is 14.4. The molecule has 0 saturated heterocycles. The smallest absolute Gasteiger partial charge is 0.335 e. The molecular weight excluding hydrogens is 276 g/mol. The van der Waals surface area contributed by atoms with E-state index in [4.69, 9.17) is 0 Å². The van der Waals surface area contributed by atoms with E-state index in [9.17, 15) is 18.7 Å². The summed E-state index contributed by atoms with van der Waals surface area (Å²) in [5.74, 6) is -1.24. The molecule has 0 radical (unpaired) electrons. The molecule has 0 aliphatic heterocycles. The molecule has 0 heterocycles. The summed E-state index contributed by atoms with van der Waals surface area (Å²) in [6, 6.07) is 12.6. The molecule has 5 heteroatoms. The monoisotopic (exact) mass is 289 g/mol. The minimum absolute atomic E-state index is 0.131. The van der Waals surface area contributed by atoms with Gasteiger partial charge in [0.05, 0.1) is 5.56 Å². The predicted octanol–water partition coefficient (Wildman–Crippen LogP) is 2.74. The molecule has 104 valence electrons. The van der Waals surface area contributed by atoms with E-state index in [1.807, 2.05) is 30.3 Å². The summed E-state index contributed by atoms with van der Waals surface area (Å²) < 4.78 is 21.8. The molecule has 1 N–H and O–H groups in total. The van der Waals surface area contributed by atoms with Crippen molar-refractivity contribution in [3.63, 3.8) is 0 Å². The van der Waals surface area contributed by atoms with E-state index in [-0.39, 0.29) is 11.3 Å². The predicted molar refractivity (Wildman–Crippen MR) is 76.2 cm³/mol. The van der Waals surface area contributed by atoms with Gasteiger partial charge in [0.25, 0.3) is 0 Å². The molecule has 2 aromatic carbocycles. The molecular formula is C15H13O4S-. The minimum atomic E-state index is -2.26. The second kappa shape index (κ2) is 5.98. The Balaban J connectivity index is 2.61. The molecule has 4 nitrogen and oxygen atoms in total. The van der Waals surface area contributed by atoms with Gasteiger partial charge < -0.3 is 9.66 Å². The maximum absolute atomic E-state index is 11.3. The zero-order chi connectivity index (χ0) is 14.7. The fraction of sp³-hybridized carbons (Fsp3) is 0.133. The Morgan fingerprint density at radius 3 is 2.40 bits per heavy atom. The van der Waals surface area contributed by atoms with Gasteiger partial charge in [-0.3, -0.25) is 4.21 Å². The minimum Gasteiger partial charge on any atom is -0.772 e. The number of rotatable bonds is 4. The number of benzene rings is 2. The summed E-state index contributed by atoms with van der Waals surface area (Å²) in [4.78, 5) is 11.3. The first-order chi connectivity index (χ1) is 9.49. The third-order valence-electron chi connectivity index (χ3n) is 3.13. The molecule has 0 aromatic heterocycles. The highest BCUT2D eigenvalue weighted by Crippen LogP contribution is 2.26. The van der Waals surface area contributed by atoms with Crippen molar-refractivity contribution in [3.05, 3.63) is 59.2 Å². The van der Waals surface area contributed by atoms with Gasteiger partial charge in [-0.1, -0.05) is 41.4 Å². The van der Waals surface area contributed by atoms with Crippen LogP contribution in [0.15, 0.2) is 42.5 Å². The van der Waals surface area contributed by atoms with Crippen LogP contribution in [0.3, 0.4) is 0 Å². The fourth-order valence-electron chi connectivity index (χ4n) is 2.07.